The van der Waals surface area contributed by atoms with E-state index in [9.17, 15) is 9.59 Å². The summed E-state index contributed by atoms with van der Waals surface area (Å²) in [6, 6.07) is 15.0. The number of ketones is 1. The van der Waals surface area contributed by atoms with Gasteiger partial charge in [-0.3, -0.25) is 4.79 Å². The van der Waals surface area contributed by atoms with Crippen LogP contribution in [0, 0.1) is 0 Å². The average molecular weight is 511 g/mol. The van der Waals surface area contributed by atoms with E-state index in [0.717, 1.165) is 4.47 Å². The van der Waals surface area contributed by atoms with Crippen LogP contribution in [0.2, 0.25) is 0 Å². The second-order valence-electron chi connectivity index (χ2n) is 6.91. The fourth-order valence-corrected chi connectivity index (χ4v) is 3.78. The Hall–Kier alpha value is -3.78. The van der Waals surface area contributed by atoms with E-state index >= 15 is 0 Å². The van der Waals surface area contributed by atoms with Crippen molar-refractivity contribution in [3.63, 3.8) is 0 Å². The molecule has 0 saturated carbocycles. The second kappa shape index (κ2) is 9.38. The van der Waals surface area contributed by atoms with Gasteiger partial charge in [0.1, 0.15) is 34.3 Å². The second-order valence-corrected chi connectivity index (χ2v) is 7.83. The average Bonchev–Trinajstić information content (AvgIpc) is 3.12. The number of methoxy groups -OCH3 is 3. The van der Waals surface area contributed by atoms with Crippen molar-refractivity contribution in [3.05, 3.63) is 81.5 Å². The van der Waals surface area contributed by atoms with Crippen molar-refractivity contribution in [2.45, 2.75) is 0 Å². The summed E-state index contributed by atoms with van der Waals surface area (Å²) in [5.41, 5.74) is 1.20. The summed E-state index contributed by atoms with van der Waals surface area (Å²) in [5.74, 6) is 0.924. The van der Waals surface area contributed by atoms with E-state index in [1.807, 2.05) is 12.1 Å². The van der Waals surface area contributed by atoms with Crippen LogP contribution in [0.15, 0.2) is 64.8 Å². The molecule has 168 valence electrons. The van der Waals surface area contributed by atoms with Gasteiger partial charge in [-0.05, 0) is 48.5 Å². The van der Waals surface area contributed by atoms with Crippen LogP contribution in [0.5, 0.6) is 28.7 Å². The van der Waals surface area contributed by atoms with Crippen molar-refractivity contribution in [2.24, 2.45) is 0 Å². The van der Waals surface area contributed by atoms with E-state index in [4.69, 9.17) is 23.7 Å². The van der Waals surface area contributed by atoms with Crippen molar-refractivity contribution in [2.75, 3.05) is 21.3 Å². The third-order valence-corrected chi connectivity index (χ3v) is 5.46. The summed E-state index contributed by atoms with van der Waals surface area (Å²) in [4.78, 5) is 25.6. The van der Waals surface area contributed by atoms with Gasteiger partial charge in [0.25, 0.3) is 0 Å². The van der Waals surface area contributed by atoms with Crippen molar-refractivity contribution < 1.29 is 33.3 Å². The predicted molar refractivity (Wildman–Crippen MR) is 125 cm³/mol. The molecule has 1 aliphatic heterocycles. The van der Waals surface area contributed by atoms with Gasteiger partial charge in [0, 0.05) is 16.1 Å². The van der Waals surface area contributed by atoms with Gasteiger partial charge >= 0.3 is 5.97 Å². The Bertz CT molecular complexity index is 1260. The standard InChI is InChI=1S/C25H19BrO7/c1-29-18-10-7-15(26)11-14(18)12-22-24(27)17-9-8-16(13-21(17)33-22)32-25(28)23-19(30-2)5-4-6-20(23)31-3/h4-13H,1-3H3/b22-12-. The monoisotopic (exact) mass is 510 g/mol. The molecule has 1 heterocycles. The lowest BCUT2D eigenvalue weighted by Gasteiger charge is -2.12. The molecule has 0 fully saturated rings. The summed E-state index contributed by atoms with van der Waals surface area (Å²) < 4.78 is 28.0. The normalized spacial score (nSPS) is 13.3. The van der Waals surface area contributed by atoms with E-state index in [0.29, 0.717) is 28.4 Å². The minimum atomic E-state index is -0.664. The number of carbonyl (C=O) groups excluding carboxylic acids is 2. The molecule has 7 nitrogen and oxygen atoms in total. The van der Waals surface area contributed by atoms with Crippen LogP contribution >= 0.6 is 15.9 Å². The lowest BCUT2D eigenvalue weighted by Crippen LogP contribution is -2.12. The highest BCUT2D eigenvalue weighted by Crippen LogP contribution is 2.37. The number of carbonyl (C=O) groups is 2. The highest BCUT2D eigenvalue weighted by molar-refractivity contribution is 9.10. The first kappa shape index (κ1) is 22.4. The largest absolute Gasteiger partial charge is 0.496 e. The number of benzene rings is 3. The fourth-order valence-electron chi connectivity index (χ4n) is 3.40. The number of allylic oxidation sites excluding steroid dienone is 1. The zero-order chi connectivity index (χ0) is 23.5. The third-order valence-electron chi connectivity index (χ3n) is 4.96. The number of ether oxygens (including phenoxy) is 5. The number of hydrogen-bond donors (Lipinski definition) is 0. The summed E-state index contributed by atoms with van der Waals surface area (Å²) in [5, 5.41) is 0. The van der Waals surface area contributed by atoms with Gasteiger partial charge in [-0.15, -0.1) is 0 Å². The van der Waals surface area contributed by atoms with Gasteiger partial charge in [0.15, 0.2) is 5.76 Å². The van der Waals surface area contributed by atoms with E-state index in [1.54, 1.807) is 43.5 Å². The molecular weight excluding hydrogens is 492 g/mol. The number of halogens is 1. The lowest BCUT2D eigenvalue weighted by molar-refractivity contribution is 0.0727. The summed E-state index contributed by atoms with van der Waals surface area (Å²) in [6.45, 7) is 0. The Morgan fingerprint density at radius 3 is 2.27 bits per heavy atom. The summed E-state index contributed by atoms with van der Waals surface area (Å²) in [7, 11) is 4.46. The molecule has 0 radical (unpaired) electrons. The number of esters is 1. The van der Waals surface area contributed by atoms with Crippen LogP contribution < -0.4 is 23.7 Å². The molecule has 8 heteroatoms. The quantitative estimate of drug-likeness (QED) is 0.252. The van der Waals surface area contributed by atoms with E-state index < -0.39 is 5.97 Å². The number of fused-ring (bicyclic) bond motifs is 1. The Balaban J connectivity index is 1.61. The molecule has 0 atom stereocenters. The Labute approximate surface area is 198 Å². The van der Waals surface area contributed by atoms with Crippen LogP contribution in [0.4, 0.5) is 0 Å². The number of Topliss-reactive ketones (excluding diaryl/α,β-unsaturated/α-hetero) is 1. The zero-order valence-corrected chi connectivity index (χ0v) is 19.6. The maximum absolute atomic E-state index is 12.8. The number of hydrogen-bond acceptors (Lipinski definition) is 7. The van der Waals surface area contributed by atoms with Crippen LogP contribution in [0.3, 0.4) is 0 Å². The number of rotatable bonds is 6. The molecule has 1 aliphatic rings. The van der Waals surface area contributed by atoms with Gasteiger partial charge in [0.2, 0.25) is 5.78 Å². The molecule has 0 N–H and O–H groups in total. The Kier molecular flexibility index (Phi) is 6.37. The molecule has 0 aliphatic carbocycles. The molecule has 0 bridgehead atoms. The minimum Gasteiger partial charge on any atom is -0.496 e. The molecule has 3 aromatic carbocycles. The van der Waals surface area contributed by atoms with Gasteiger partial charge < -0.3 is 23.7 Å². The van der Waals surface area contributed by atoms with Crippen LogP contribution in [0.1, 0.15) is 26.3 Å². The van der Waals surface area contributed by atoms with E-state index in [1.165, 1.54) is 26.4 Å². The maximum Gasteiger partial charge on any atom is 0.351 e. The van der Waals surface area contributed by atoms with E-state index in [-0.39, 0.29) is 28.6 Å². The van der Waals surface area contributed by atoms with Gasteiger partial charge in [0.05, 0.1) is 26.9 Å². The smallest absolute Gasteiger partial charge is 0.351 e. The van der Waals surface area contributed by atoms with Crippen molar-refractivity contribution in [1.82, 2.24) is 0 Å². The van der Waals surface area contributed by atoms with Crippen LogP contribution in [-0.4, -0.2) is 33.1 Å². The molecule has 33 heavy (non-hydrogen) atoms. The molecular formula is C25H19BrO7. The Morgan fingerprint density at radius 1 is 0.909 bits per heavy atom. The fraction of sp³-hybridized carbons (Fsp3) is 0.120. The maximum atomic E-state index is 12.8. The first-order chi connectivity index (χ1) is 15.9. The van der Waals surface area contributed by atoms with E-state index in [2.05, 4.69) is 15.9 Å². The van der Waals surface area contributed by atoms with Gasteiger partial charge in [-0.25, -0.2) is 4.79 Å². The first-order valence-electron chi connectivity index (χ1n) is 9.80. The van der Waals surface area contributed by atoms with Gasteiger partial charge in [-0.1, -0.05) is 22.0 Å². The summed E-state index contributed by atoms with van der Waals surface area (Å²) >= 11 is 3.41. The summed E-state index contributed by atoms with van der Waals surface area (Å²) in [6.07, 6.45) is 1.61. The lowest BCUT2D eigenvalue weighted by atomic mass is 10.1. The SMILES string of the molecule is COc1ccc(Br)cc1/C=C1\Oc2cc(OC(=O)c3c(OC)cccc3OC)ccc2C1=O. The highest BCUT2D eigenvalue weighted by Gasteiger charge is 2.29. The molecule has 4 rings (SSSR count). The minimum absolute atomic E-state index is 0.135. The highest BCUT2D eigenvalue weighted by atomic mass is 79.9. The molecule has 0 unspecified atom stereocenters. The molecule has 0 saturated heterocycles. The molecule has 0 aromatic heterocycles. The van der Waals surface area contributed by atoms with Crippen molar-refractivity contribution in [1.29, 1.82) is 0 Å². The molecule has 3 aromatic rings. The third kappa shape index (κ3) is 4.42. The molecule has 0 spiro atoms. The first-order valence-corrected chi connectivity index (χ1v) is 10.6. The zero-order valence-electron chi connectivity index (χ0n) is 18.0. The predicted octanol–water partition coefficient (Wildman–Crippen LogP) is 5.31. The van der Waals surface area contributed by atoms with Crippen LogP contribution in [0.25, 0.3) is 6.08 Å². The van der Waals surface area contributed by atoms with Crippen molar-refractivity contribution >= 4 is 33.8 Å². The molecule has 0 amide bonds. The van der Waals surface area contributed by atoms with Crippen molar-refractivity contribution in [3.8, 4) is 28.7 Å². The van der Waals surface area contributed by atoms with Crippen LogP contribution in [-0.2, 0) is 0 Å². The van der Waals surface area contributed by atoms with Gasteiger partial charge in [-0.2, -0.15) is 0 Å². The topological polar surface area (TPSA) is 80.3 Å². The Morgan fingerprint density at radius 2 is 1.61 bits per heavy atom.